The second kappa shape index (κ2) is 9.47. The summed E-state index contributed by atoms with van der Waals surface area (Å²) in [5.74, 6) is -2.58. The number of phenols is 1. The van der Waals surface area contributed by atoms with Gasteiger partial charge in [0.25, 0.3) is 0 Å². The maximum atomic E-state index is 13.8. The highest BCUT2D eigenvalue weighted by Gasteiger charge is 2.39. The van der Waals surface area contributed by atoms with Gasteiger partial charge in [-0.25, -0.2) is 0 Å². The van der Waals surface area contributed by atoms with E-state index in [-0.39, 0.29) is 27.6 Å². The molecule has 168 valence electrons. The SMILES string of the molecule is Cc1cc(Oc2c(Br)cc(NC(=O)CC(=O)O)c(C(F)(F)F)c2Br)cc(C(C)C)c1O. The summed E-state index contributed by atoms with van der Waals surface area (Å²) in [7, 11) is 0. The fraction of sp³-hybridized carbons (Fsp3) is 0.300. The molecule has 0 aliphatic heterocycles. The molecule has 1 amide bonds. The number of alkyl halides is 3. The van der Waals surface area contributed by atoms with Gasteiger partial charge in [-0.3, -0.25) is 9.59 Å². The van der Waals surface area contributed by atoms with E-state index in [9.17, 15) is 27.9 Å². The van der Waals surface area contributed by atoms with Crippen molar-refractivity contribution in [2.24, 2.45) is 0 Å². The highest BCUT2D eigenvalue weighted by molar-refractivity contribution is 9.11. The van der Waals surface area contributed by atoms with Gasteiger partial charge in [0.1, 0.15) is 17.9 Å². The van der Waals surface area contributed by atoms with Crippen molar-refractivity contribution in [2.75, 3.05) is 5.32 Å². The molecule has 0 saturated carbocycles. The minimum atomic E-state index is -4.89. The minimum Gasteiger partial charge on any atom is -0.507 e. The van der Waals surface area contributed by atoms with Crippen LogP contribution in [0.1, 0.15) is 42.9 Å². The minimum absolute atomic E-state index is 0.0632. The van der Waals surface area contributed by atoms with Crippen LogP contribution in [0.5, 0.6) is 17.2 Å². The van der Waals surface area contributed by atoms with Gasteiger partial charge in [-0.15, -0.1) is 0 Å². The van der Waals surface area contributed by atoms with Crippen LogP contribution in [-0.2, 0) is 15.8 Å². The van der Waals surface area contributed by atoms with Crippen LogP contribution in [0, 0.1) is 6.92 Å². The Morgan fingerprint density at radius 3 is 2.32 bits per heavy atom. The maximum absolute atomic E-state index is 13.8. The van der Waals surface area contributed by atoms with Crippen molar-refractivity contribution >= 4 is 49.4 Å². The summed E-state index contributed by atoms with van der Waals surface area (Å²) >= 11 is 6.04. The molecule has 2 aromatic carbocycles. The summed E-state index contributed by atoms with van der Waals surface area (Å²) in [4.78, 5) is 22.4. The number of phenolic OH excluding ortho intramolecular Hbond substituents is 1. The first-order valence-electron chi connectivity index (χ1n) is 8.84. The Hall–Kier alpha value is -2.27. The van der Waals surface area contributed by atoms with Gasteiger partial charge >= 0.3 is 12.1 Å². The molecule has 0 radical (unpaired) electrons. The number of carboxylic acid groups (broad SMARTS) is 1. The summed E-state index contributed by atoms with van der Waals surface area (Å²) in [6.07, 6.45) is -5.88. The average Bonchev–Trinajstić information content (AvgIpc) is 2.58. The van der Waals surface area contributed by atoms with Crippen molar-refractivity contribution < 1.29 is 37.7 Å². The summed E-state index contributed by atoms with van der Waals surface area (Å²) < 4.78 is 46.6. The largest absolute Gasteiger partial charge is 0.507 e. The quantitative estimate of drug-likeness (QED) is 0.342. The Bertz CT molecular complexity index is 1040. The van der Waals surface area contributed by atoms with Crippen LogP contribution in [0.15, 0.2) is 27.1 Å². The van der Waals surface area contributed by atoms with Gasteiger partial charge in [0.05, 0.1) is 20.2 Å². The molecule has 6 nitrogen and oxygen atoms in total. The van der Waals surface area contributed by atoms with E-state index < -0.39 is 40.2 Å². The fourth-order valence-electron chi connectivity index (χ4n) is 2.79. The van der Waals surface area contributed by atoms with Gasteiger partial charge in [0.15, 0.2) is 5.75 Å². The Morgan fingerprint density at radius 1 is 1.19 bits per heavy atom. The molecule has 0 aliphatic carbocycles. The lowest BCUT2D eigenvalue weighted by molar-refractivity contribution is -0.139. The number of aromatic hydroxyl groups is 1. The van der Waals surface area contributed by atoms with Crippen molar-refractivity contribution in [1.29, 1.82) is 0 Å². The fourth-order valence-corrected chi connectivity index (χ4v) is 4.30. The van der Waals surface area contributed by atoms with Gasteiger partial charge in [-0.05, 0) is 68.5 Å². The zero-order chi connectivity index (χ0) is 23.7. The molecule has 0 bridgehead atoms. The molecule has 0 aromatic heterocycles. The molecule has 2 rings (SSSR count). The molecule has 0 heterocycles. The number of aryl methyl sites for hydroxylation is 1. The summed E-state index contributed by atoms with van der Waals surface area (Å²) in [6, 6.07) is 4.00. The zero-order valence-corrected chi connectivity index (χ0v) is 19.7. The van der Waals surface area contributed by atoms with E-state index in [4.69, 9.17) is 9.84 Å². The Balaban J connectivity index is 2.58. The highest BCUT2D eigenvalue weighted by atomic mass is 79.9. The van der Waals surface area contributed by atoms with E-state index in [1.54, 1.807) is 6.92 Å². The van der Waals surface area contributed by atoms with Crippen LogP contribution in [-0.4, -0.2) is 22.1 Å². The summed E-state index contributed by atoms with van der Waals surface area (Å²) in [5, 5.41) is 20.8. The standard InChI is InChI=1S/C20H18Br2F3NO5/c1-8(2)11-5-10(4-9(3)18(11)30)31-19-12(21)6-13(26-14(27)7-15(28)29)16(17(19)22)20(23,24)25/h4-6,8,30H,7H2,1-3H3,(H,26,27)(H,28,29). The first-order chi connectivity index (χ1) is 14.2. The number of benzene rings is 2. The molecule has 11 heteroatoms. The van der Waals surface area contributed by atoms with Crippen molar-refractivity contribution in [2.45, 2.75) is 39.3 Å². The molecule has 3 N–H and O–H groups in total. The van der Waals surface area contributed by atoms with Gasteiger partial charge in [0, 0.05) is 5.56 Å². The lowest BCUT2D eigenvalue weighted by atomic mass is 9.99. The number of nitrogens with one attached hydrogen (secondary N) is 1. The van der Waals surface area contributed by atoms with Crippen molar-refractivity contribution in [1.82, 2.24) is 0 Å². The lowest BCUT2D eigenvalue weighted by Crippen LogP contribution is -2.19. The number of hydrogen-bond acceptors (Lipinski definition) is 4. The van der Waals surface area contributed by atoms with E-state index in [1.807, 2.05) is 19.2 Å². The third-order valence-corrected chi connectivity index (χ3v) is 5.54. The molecule has 0 fully saturated rings. The van der Waals surface area contributed by atoms with Gasteiger partial charge in [0.2, 0.25) is 5.91 Å². The van der Waals surface area contributed by atoms with Gasteiger partial charge in [-0.2, -0.15) is 13.2 Å². The van der Waals surface area contributed by atoms with E-state index in [0.717, 1.165) is 6.07 Å². The topological polar surface area (TPSA) is 95.9 Å². The number of carboxylic acids is 1. The first-order valence-corrected chi connectivity index (χ1v) is 10.4. The molecular formula is C20H18Br2F3NO5. The Morgan fingerprint density at radius 2 is 1.81 bits per heavy atom. The molecule has 0 atom stereocenters. The Kier molecular flexibility index (Phi) is 7.64. The molecule has 0 spiro atoms. The van der Waals surface area contributed by atoms with E-state index >= 15 is 0 Å². The van der Waals surface area contributed by atoms with Gasteiger partial charge < -0.3 is 20.3 Å². The lowest BCUT2D eigenvalue weighted by Gasteiger charge is -2.20. The number of carbonyl (C=O) groups is 2. The number of ether oxygens (including phenoxy) is 1. The molecule has 2 aromatic rings. The average molecular weight is 569 g/mol. The normalized spacial score (nSPS) is 11.5. The highest BCUT2D eigenvalue weighted by Crippen LogP contribution is 2.49. The Labute approximate surface area is 192 Å². The smallest absolute Gasteiger partial charge is 0.419 e. The molecular weight excluding hydrogens is 551 g/mol. The van der Waals surface area contributed by atoms with Crippen LogP contribution in [0.2, 0.25) is 0 Å². The maximum Gasteiger partial charge on any atom is 0.419 e. The monoisotopic (exact) mass is 567 g/mol. The molecule has 31 heavy (non-hydrogen) atoms. The number of anilines is 1. The summed E-state index contributed by atoms with van der Waals surface area (Å²) in [6.45, 7) is 5.33. The number of carbonyl (C=O) groups excluding carboxylic acids is 1. The first kappa shape index (κ1) is 25.0. The van der Waals surface area contributed by atoms with Crippen LogP contribution < -0.4 is 10.1 Å². The number of amides is 1. The zero-order valence-electron chi connectivity index (χ0n) is 16.5. The molecule has 0 aliphatic rings. The van der Waals surface area contributed by atoms with Crippen molar-refractivity contribution in [3.05, 3.63) is 43.8 Å². The third-order valence-electron chi connectivity index (χ3n) is 4.19. The number of hydrogen-bond donors (Lipinski definition) is 3. The second-order valence-electron chi connectivity index (χ2n) is 6.98. The van der Waals surface area contributed by atoms with E-state index in [0.29, 0.717) is 11.1 Å². The van der Waals surface area contributed by atoms with E-state index in [1.165, 1.54) is 12.1 Å². The van der Waals surface area contributed by atoms with E-state index in [2.05, 4.69) is 31.9 Å². The third kappa shape index (κ3) is 5.91. The van der Waals surface area contributed by atoms with Crippen LogP contribution in [0.25, 0.3) is 0 Å². The molecule has 0 unspecified atom stereocenters. The number of rotatable bonds is 6. The predicted octanol–water partition coefficient (Wildman–Crippen LogP) is 6.57. The van der Waals surface area contributed by atoms with Crippen LogP contribution in [0.4, 0.5) is 18.9 Å². The van der Waals surface area contributed by atoms with Gasteiger partial charge in [-0.1, -0.05) is 13.8 Å². The van der Waals surface area contributed by atoms with Crippen molar-refractivity contribution in [3.8, 4) is 17.2 Å². The number of aliphatic carboxylic acids is 1. The molecule has 0 saturated heterocycles. The predicted molar refractivity (Wildman–Crippen MR) is 115 cm³/mol. The van der Waals surface area contributed by atoms with Crippen LogP contribution >= 0.6 is 31.9 Å². The summed E-state index contributed by atoms with van der Waals surface area (Å²) in [5.41, 5.74) is -0.809. The van der Waals surface area contributed by atoms with Crippen LogP contribution in [0.3, 0.4) is 0 Å². The number of halogens is 5. The van der Waals surface area contributed by atoms with Crippen molar-refractivity contribution in [3.63, 3.8) is 0 Å². The second-order valence-corrected chi connectivity index (χ2v) is 8.62.